The number of sulfonamides is 1. The Balaban J connectivity index is 0.00000220. The summed E-state index contributed by atoms with van der Waals surface area (Å²) in [6.45, 7) is 1.90. The van der Waals surface area contributed by atoms with Gasteiger partial charge in [0.05, 0.1) is 4.90 Å². The third-order valence-corrected chi connectivity index (χ3v) is 3.90. The SMILES string of the molecule is Cc1ccc(S(=O)(=O)[N-]C#CCc2ccccc2)cc1.[Li+]. The average Bonchev–Trinajstić information content (AvgIpc) is 2.45. The van der Waals surface area contributed by atoms with Crippen LogP contribution in [0.25, 0.3) is 4.72 Å². The van der Waals surface area contributed by atoms with Gasteiger partial charge >= 0.3 is 18.9 Å². The Morgan fingerprint density at radius 2 is 1.62 bits per heavy atom. The minimum Gasteiger partial charge on any atom is -0.531 e. The molecule has 5 heteroatoms. The molecule has 0 fully saturated rings. The van der Waals surface area contributed by atoms with Crippen LogP contribution in [0.3, 0.4) is 0 Å². The van der Waals surface area contributed by atoms with E-state index in [4.69, 9.17) is 0 Å². The summed E-state index contributed by atoms with van der Waals surface area (Å²) in [6.07, 6.45) is 0.480. The van der Waals surface area contributed by atoms with Crippen molar-refractivity contribution in [1.29, 1.82) is 0 Å². The van der Waals surface area contributed by atoms with Crippen LogP contribution in [0.2, 0.25) is 0 Å². The monoisotopic (exact) mass is 291 g/mol. The first kappa shape index (κ1) is 17.4. The van der Waals surface area contributed by atoms with Crippen molar-refractivity contribution in [3.8, 4) is 12.0 Å². The average molecular weight is 291 g/mol. The van der Waals surface area contributed by atoms with Crippen LogP contribution in [0.5, 0.6) is 0 Å². The van der Waals surface area contributed by atoms with E-state index < -0.39 is 10.0 Å². The molecule has 2 aromatic rings. The zero-order chi connectivity index (χ0) is 14.4. The van der Waals surface area contributed by atoms with Crippen molar-refractivity contribution in [2.75, 3.05) is 0 Å². The molecule has 102 valence electrons. The summed E-state index contributed by atoms with van der Waals surface area (Å²) in [4.78, 5) is 0.164. The third kappa shape index (κ3) is 5.32. The molecule has 0 radical (unpaired) electrons. The summed E-state index contributed by atoms with van der Waals surface area (Å²) in [5.41, 5.74) is 2.03. The molecule has 0 bridgehead atoms. The Hall–Kier alpha value is -1.65. The minimum absolute atomic E-state index is 0. The van der Waals surface area contributed by atoms with Gasteiger partial charge in [-0.2, -0.15) is 6.04 Å². The number of hydrogen-bond donors (Lipinski definition) is 0. The Morgan fingerprint density at radius 1 is 1.00 bits per heavy atom. The Labute approximate surface area is 138 Å². The van der Waals surface area contributed by atoms with Gasteiger partial charge in [-0.3, -0.25) is 0 Å². The number of hydrogen-bond acceptors (Lipinski definition) is 2. The summed E-state index contributed by atoms with van der Waals surface area (Å²) < 4.78 is 27.3. The molecular weight excluding hydrogens is 277 g/mol. The Kier molecular flexibility index (Phi) is 6.59. The Morgan fingerprint density at radius 3 is 2.24 bits per heavy atom. The molecule has 0 saturated heterocycles. The van der Waals surface area contributed by atoms with Gasteiger partial charge in [-0.05, 0) is 24.6 Å². The number of rotatable bonds is 3. The van der Waals surface area contributed by atoms with Gasteiger partial charge in [-0.15, -0.1) is 5.92 Å². The molecule has 0 aliphatic rings. The summed E-state index contributed by atoms with van der Waals surface area (Å²) in [6, 6.07) is 18.5. The number of nitrogens with zero attached hydrogens (tertiary/aromatic N) is 1. The molecule has 0 atom stereocenters. The molecule has 0 unspecified atom stereocenters. The maximum atomic E-state index is 11.9. The van der Waals surface area contributed by atoms with E-state index in [1.165, 1.54) is 12.1 Å². The van der Waals surface area contributed by atoms with Gasteiger partial charge < -0.3 is 4.72 Å². The second-order valence-electron chi connectivity index (χ2n) is 4.33. The van der Waals surface area contributed by atoms with Crippen LogP contribution in [0.15, 0.2) is 59.5 Å². The van der Waals surface area contributed by atoms with E-state index in [1.54, 1.807) is 12.1 Å². The van der Waals surface area contributed by atoms with Crippen molar-refractivity contribution < 1.29 is 27.3 Å². The van der Waals surface area contributed by atoms with Crippen molar-refractivity contribution in [2.24, 2.45) is 0 Å². The van der Waals surface area contributed by atoms with Crippen LogP contribution in [-0.4, -0.2) is 8.42 Å². The van der Waals surface area contributed by atoms with Gasteiger partial charge in [-0.25, -0.2) is 8.42 Å². The second-order valence-corrected chi connectivity index (χ2v) is 5.93. The molecule has 0 spiro atoms. The fraction of sp³-hybridized carbons (Fsp3) is 0.125. The first-order chi connectivity index (χ1) is 9.58. The van der Waals surface area contributed by atoms with E-state index >= 15 is 0 Å². The minimum atomic E-state index is -3.68. The van der Waals surface area contributed by atoms with Gasteiger partial charge in [0.2, 0.25) is 0 Å². The number of benzene rings is 2. The molecule has 0 heterocycles. The van der Waals surface area contributed by atoms with Gasteiger partial charge in [0.1, 0.15) is 10.0 Å². The fourth-order valence-corrected chi connectivity index (χ4v) is 2.36. The zero-order valence-electron chi connectivity index (χ0n) is 12.1. The van der Waals surface area contributed by atoms with Crippen LogP contribution in [0.1, 0.15) is 11.1 Å². The fourth-order valence-electron chi connectivity index (χ4n) is 1.59. The van der Waals surface area contributed by atoms with Gasteiger partial charge in [0.25, 0.3) is 0 Å². The van der Waals surface area contributed by atoms with Crippen molar-refractivity contribution in [3.63, 3.8) is 0 Å². The normalized spacial score (nSPS) is 9.95. The van der Waals surface area contributed by atoms with E-state index in [9.17, 15) is 8.42 Å². The molecule has 0 amide bonds. The molecule has 0 aliphatic heterocycles. The van der Waals surface area contributed by atoms with Crippen molar-refractivity contribution in [3.05, 3.63) is 70.4 Å². The molecule has 2 aromatic carbocycles. The van der Waals surface area contributed by atoms with Crippen LogP contribution in [0.4, 0.5) is 0 Å². The van der Waals surface area contributed by atoms with Crippen molar-refractivity contribution in [2.45, 2.75) is 18.2 Å². The molecule has 0 aromatic heterocycles. The van der Waals surface area contributed by atoms with E-state index in [0.717, 1.165) is 11.1 Å². The summed E-state index contributed by atoms with van der Waals surface area (Å²) >= 11 is 0. The maximum Gasteiger partial charge on any atom is 1.00 e. The van der Waals surface area contributed by atoms with Crippen LogP contribution in [0, 0.1) is 18.9 Å². The first-order valence-electron chi connectivity index (χ1n) is 6.13. The predicted octanol–water partition coefficient (Wildman–Crippen LogP) is 0.265. The second kappa shape index (κ2) is 7.95. The third-order valence-electron chi connectivity index (χ3n) is 2.70. The van der Waals surface area contributed by atoms with E-state index in [2.05, 4.69) is 16.7 Å². The summed E-state index contributed by atoms with van der Waals surface area (Å²) in [5.74, 6) is 2.74. The van der Waals surface area contributed by atoms with E-state index in [1.807, 2.05) is 37.3 Å². The standard InChI is InChI=1S/C16H14NO2S.Li/c1-14-9-11-16(12-10-14)20(18,19)17-13-5-8-15-6-3-2-4-7-15;/h2-4,6-7,9-12H,8H2,1H3;/q-1;+1. The molecule has 2 rings (SSSR count). The largest absolute Gasteiger partial charge is 1.00 e. The van der Waals surface area contributed by atoms with Gasteiger partial charge in [0, 0.05) is 6.42 Å². The molecular formula is C16H14LiNO2S. The smallest absolute Gasteiger partial charge is 0.531 e. The zero-order valence-corrected chi connectivity index (χ0v) is 12.9. The molecule has 21 heavy (non-hydrogen) atoms. The summed E-state index contributed by atoms with van der Waals surface area (Å²) in [7, 11) is -3.68. The first-order valence-corrected chi connectivity index (χ1v) is 7.57. The van der Waals surface area contributed by atoms with Crippen LogP contribution in [-0.2, 0) is 16.4 Å². The summed E-state index contributed by atoms with van der Waals surface area (Å²) in [5, 5.41) is 0. The maximum absolute atomic E-state index is 11.9. The molecule has 0 aliphatic carbocycles. The van der Waals surface area contributed by atoms with Crippen LogP contribution >= 0.6 is 0 Å². The molecule has 3 nitrogen and oxygen atoms in total. The van der Waals surface area contributed by atoms with Crippen LogP contribution < -0.4 is 18.9 Å². The molecule has 0 N–H and O–H groups in total. The van der Waals surface area contributed by atoms with E-state index in [0.29, 0.717) is 6.42 Å². The Bertz CT molecular complexity index is 729. The quantitative estimate of drug-likeness (QED) is 0.602. The van der Waals surface area contributed by atoms with Gasteiger partial charge in [-0.1, -0.05) is 48.0 Å². The number of aryl methyl sites for hydroxylation is 1. The van der Waals surface area contributed by atoms with Crippen molar-refractivity contribution in [1.82, 2.24) is 0 Å². The predicted molar refractivity (Wildman–Crippen MR) is 79.6 cm³/mol. The van der Waals surface area contributed by atoms with E-state index in [-0.39, 0.29) is 23.8 Å². The van der Waals surface area contributed by atoms with Crippen molar-refractivity contribution >= 4 is 10.0 Å². The van der Waals surface area contributed by atoms with Gasteiger partial charge in [0.15, 0.2) is 0 Å². The topological polar surface area (TPSA) is 48.2 Å². The molecule has 0 saturated carbocycles.